The van der Waals surface area contributed by atoms with E-state index in [0.29, 0.717) is 16.3 Å². The van der Waals surface area contributed by atoms with Crippen LogP contribution >= 0.6 is 11.6 Å². The maximum absolute atomic E-state index is 13.8. The van der Waals surface area contributed by atoms with Crippen molar-refractivity contribution in [3.63, 3.8) is 0 Å². The van der Waals surface area contributed by atoms with Gasteiger partial charge in [0.2, 0.25) is 11.6 Å². The maximum Gasteiger partial charge on any atom is 0.420 e. The number of alkyl halides is 3. The normalized spacial score (nSPS) is 13.6. The molecule has 2 heterocycles. The number of aromatic nitrogens is 5. The lowest BCUT2D eigenvalue weighted by molar-refractivity contribution is -0.138. The molecule has 1 saturated carbocycles. The summed E-state index contributed by atoms with van der Waals surface area (Å²) < 4.78 is 47.0. The molecule has 0 unspecified atom stereocenters. The van der Waals surface area contributed by atoms with Crippen LogP contribution < -0.4 is 21.5 Å². The zero-order valence-corrected chi connectivity index (χ0v) is 16.4. The van der Waals surface area contributed by atoms with E-state index >= 15 is 0 Å². The quantitative estimate of drug-likeness (QED) is 0.599. The highest BCUT2D eigenvalue weighted by Gasteiger charge is 2.37. The van der Waals surface area contributed by atoms with Gasteiger partial charge in [-0.1, -0.05) is 11.6 Å². The van der Waals surface area contributed by atoms with Crippen molar-refractivity contribution < 1.29 is 17.9 Å². The minimum atomic E-state index is -4.99. The van der Waals surface area contributed by atoms with Gasteiger partial charge >= 0.3 is 11.9 Å². The van der Waals surface area contributed by atoms with Crippen LogP contribution in [-0.2, 0) is 6.18 Å². The number of hydrogen-bond donors (Lipinski definition) is 2. The van der Waals surface area contributed by atoms with E-state index in [1.807, 2.05) is 0 Å². The summed E-state index contributed by atoms with van der Waals surface area (Å²) in [6, 6.07) is 4.13. The number of nitrogens with one attached hydrogen (secondary N) is 2. The first-order valence-electron chi connectivity index (χ1n) is 8.91. The molecule has 32 heavy (non-hydrogen) atoms. The smallest absolute Gasteiger partial charge is 0.420 e. The van der Waals surface area contributed by atoms with Crippen LogP contribution in [0, 0.1) is 11.3 Å². The fourth-order valence-corrected chi connectivity index (χ4v) is 3.17. The zero-order chi connectivity index (χ0) is 23.2. The Bertz CT molecular complexity index is 1450. The Morgan fingerprint density at radius 3 is 2.53 bits per heavy atom. The van der Waals surface area contributed by atoms with E-state index in [-0.39, 0.29) is 11.8 Å². The molecule has 14 heteroatoms. The standard InChI is InChI=1S/C18H10ClF3N6O4/c19-11-4-8(28-17(31)24-16(30)12(6-23)27-28)3-10(18(20,21)22)14(11)32-13-5-9(7-1-2-7)15(29)26-25-13/h3-5,7H,1-2H2,(H,26,29)(H,24,30,31). The van der Waals surface area contributed by atoms with E-state index in [4.69, 9.17) is 21.6 Å². The summed E-state index contributed by atoms with van der Waals surface area (Å²) in [4.78, 5) is 37.2. The van der Waals surface area contributed by atoms with Crippen LogP contribution in [0.15, 0.2) is 32.6 Å². The lowest BCUT2D eigenvalue weighted by atomic mass is 10.1. The maximum atomic E-state index is 13.8. The Hall–Kier alpha value is -3.92. The summed E-state index contributed by atoms with van der Waals surface area (Å²) in [6.07, 6.45) is -3.46. The molecule has 10 nitrogen and oxygen atoms in total. The minimum absolute atomic E-state index is 0.0171. The van der Waals surface area contributed by atoms with Gasteiger partial charge in [-0.05, 0) is 30.9 Å². The average molecular weight is 467 g/mol. The van der Waals surface area contributed by atoms with Crippen LogP contribution in [-0.4, -0.2) is 25.0 Å². The van der Waals surface area contributed by atoms with Crippen molar-refractivity contribution >= 4 is 11.6 Å². The van der Waals surface area contributed by atoms with Gasteiger partial charge in [-0.2, -0.15) is 23.1 Å². The number of hydrogen-bond acceptors (Lipinski definition) is 7. The Labute approximate surface area is 179 Å². The molecule has 1 fully saturated rings. The first-order chi connectivity index (χ1) is 15.1. The Morgan fingerprint density at radius 2 is 1.91 bits per heavy atom. The monoisotopic (exact) mass is 466 g/mol. The molecule has 1 aliphatic rings. The first kappa shape index (κ1) is 21.3. The van der Waals surface area contributed by atoms with Crippen molar-refractivity contribution in [2.75, 3.05) is 0 Å². The summed E-state index contributed by atoms with van der Waals surface area (Å²) >= 11 is 6.04. The number of ether oxygens (including phenoxy) is 1. The lowest BCUT2D eigenvalue weighted by Gasteiger charge is -2.16. The molecule has 0 saturated heterocycles. The van der Waals surface area contributed by atoms with Gasteiger partial charge in [0.25, 0.3) is 11.1 Å². The molecule has 4 rings (SSSR count). The molecule has 0 bridgehead atoms. The molecule has 1 aliphatic carbocycles. The second-order valence-corrected chi connectivity index (χ2v) is 7.21. The molecule has 0 atom stereocenters. The summed E-state index contributed by atoms with van der Waals surface area (Å²) in [6.45, 7) is 0. The molecule has 1 aromatic carbocycles. The van der Waals surface area contributed by atoms with Gasteiger partial charge in [0.15, 0.2) is 5.75 Å². The van der Waals surface area contributed by atoms with Crippen molar-refractivity contribution in [3.8, 4) is 23.4 Å². The van der Waals surface area contributed by atoms with Crippen LogP contribution in [0.3, 0.4) is 0 Å². The second-order valence-electron chi connectivity index (χ2n) is 6.80. The molecule has 0 spiro atoms. The predicted molar refractivity (Wildman–Crippen MR) is 102 cm³/mol. The average Bonchev–Trinajstić information content (AvgIpc) is 3.55. The fraction of sp³-hybridized carbons (Fsp3) is 0.222. The van der Waals surface area contributed by atoms with Gasteiger partial charge in [0, 0.05) is 11.6 Å². The second kappa shape index (κ2) is 7.65. The molecule has 2 aromatic heterocycles. The summed E-state index contributed by atoms with van der Waals surface area (Å²) in [7, 11) is 0. The lowest BCUT2D eigenvalue weighted by Crippen LogP contribution is -2.33. The van der Waals surface area contributed by atoms with Crippen molar-refractivity contribution in [1.82, 2.24) is 25.0 Å². The number of aromatic amines is 2. The zero-order valence-electron chi connectivity index (χ0n) is 15.7. The highest BCUT2D eigenvalue weighted by Crippen LogP contribution is 2.44. The molecule has 164 valence electrons. The van der Waals surface area contributed by atoms with Crippen molar-refractivity contribution in [1.29, 1.82) is 5.26 Å². The van der Waals surface area contributed by atoms with Crippen LogP contribution in [0.25, 0.3) is 5.69 Å². The van der Waals surface area contributed by atoms with Crippen molar-refractivity contribution in [2.24, 2.45) is 0 Å². The van der Waals surface area contributed by atoms with Crippen LogP contribution in [0.1, 0.15) is 35.6 Å². The van der Waals surface area contributed by atoms with E-state index in [2.05, 4.69) is 15.3 Å². The van der Waals surface area contributed by atoms with Crippen LogP contribution in [0.5, 0.6) is 11.6 Å². The van der Waals surface area contributed by atoms with Crippen LogP contribution in [0.2, 0.25) is 5.02 Å². The molecule has 3 aromatic rings. The fourth-order valence-electron chi connectivity index (χ4n) is 2.92. The van der Waals surface area contributed by atoms with Gasteiger partial charge < -0.3 is 4.74 Å². The van der Waals surface area contributed by atoms with Gasteiger partial charge in [-0.15, -0.1) is 10.2 Å². The third-order valence-electron chi connectivity index (χ3n) is 4.54. The van der Waals surface area contributed by atoms with Crippen LogP contribution in [0.4, 0.5) is 13.2 Å². The third kappa shape index (κ3) is 4.00. The highest BCUT2D eigenvalue weighted by molar-refractivity contribution is 6.32. The molecule has 2 N–H and O–H groups in total. The number of H-pyrrole nitrogens is 2. The molecule has 0 aliphatic heterocycles. The molecule has 0 radical (unpaired) electrons. The summed E-state index contributed by atoms with van der Waals surface area (Å²) in [5.74, 6) is -1.14. The first-order valence-corrected chi connectivity index (χ1v) is 9.28. The number of nitrogens with zero attached hydrogens (tertiary/aromatic N) is 4. The van der Waals surface area contributed by atoms with E-state index in [1.54, 1.807) is 4.98 Å². The predicted octanol–water partition coefficient (Wildman–Crippen LogP) is 2.22. The van der Waals surface area contributed by atoms with Crippen molar-refractivity contribution in [2.45, 2.75) is 24.9 Å². The number of nitriles is 1. The van der Waals surface area contributed by atoms with Gasteiger partial charge in [-0.25, -0.2) is 9.89 Å². The van der Waals surface area contributed by atoms with Gasteiger partial charge in [0.1, 0.15) is 11.6 Å². The van der Waals surface area contributed by atoms with E-state index < -0.39 is 50.7 Å². The Balaban J connectivity index is 1.85. The minimum Gasteiger partial charge on any atom is -0.435 e. The van der Waals surface area contributed by atoms with Gasteiger partial charge in [-0.3, -0.25) is 14.6 Å². The van der Waals surface area contributed by atoms with E-state index in [1.165, 1.54) is 12.1 Å². The Morgan fingerprint density at radius 1 is 1.19 bits per heavy atom. The number of benzene rings is 1. The third-order valence-corrected chi connectivity index (χ3v) is 4.83. The number of rotatable bonds is 4. The SMILES string of the molecule is N#Cc1nn(-c2cc(Cl)c(Oc3cc(C4CC4)c(=O)[nH]n3)c(C(F)(F)F)c2)c(=O)[nH]c1=O. The largest absolute Gasteiger partial charge is 0.435 e. The topological polar surface area (TPSA) is 147 Å². The van der Waals surface area contributed by atoms with Crippen molar-refractivity contribution in [3.05, 3.63) is 71.2 Å². The molecular weight excluding hydrogens is 457 g/mol. The summed E-state index contributed by atoms with van der Waals surface area (Å²) in [5, 5.41) is 17.6. The Kier molecular flexibility index (Phi) is 5.09. The van der Waals surface area contributed by atoms with Gasteiger partial charge in [0.05, 0.1) is 10.7 Å². The van der Waals surface area contributed by atoms with E-state index in [0.717, 1.165) is 18.9 Å². The molecule has 0 amide bonds. The number of halogens is 4. The van der Waals surface area contributed by atoms with E-state index in [9.17, 15) is 27.6 Å². The summed E-state index contributed by atoms with van der Waals surface area (Å²) in [5.41, 5.74) is -4.98. The molecular formula is C18H10ClF3N6O4. The highest BCUT2D eigenvalue weighted by atomic mass is 35.5.